The van der Waals surface area contributed by atoms with Crippen LogP contribution in [0, 0.1) is 17.2 Å². The zero-order valence-electron chi connectivity index (χ0n) is 12.3. The Labute approximate surface area is 120 Å². The van der Waals surface area contributed by atoms with Gasteiger partial charge >= 0.3 is 0 Å². The minimum Gasteiger partial charge on any atom is -0.469 e. The van der Waals surface area contributed by atoms with Crippen LogP contribution in [0.2, 0.25) is 0 Å². The number of hydrogen-bond acceptors (Lipinski definition) is 3. The Kier molecular flexibility index (Phi) is 6.52. The molecule has 1 aromatic heterocycles. The monoisotopic (exact) mass is 271 g/mol. The summed E-state index contributed by atoms with van der Waals surface area (Å²) in [7, 11) is 0. The second-order valence-corrected chi connectivity index (χ2v) is 5.21. The predicted molar refractivity (Wildman–Crippen MR) is 80.2 cm³/mol. The zero-order valence-corrected chi connectivity index (χ0v) is 12.3. The normalized spacial score (nSPS) is 12.6. The summed E-state index contributed by atoms with van der Waals surface area (Å²) in [5.74, 6) is 0.296. The van der Waals surface area contributed by atoms with Crippen LogP contribution in [0.5, 0.6) is 0 Å². The van der Waals surface area contributed by atoms with Crippen LogP contribution in [-0.2, 0) is 6.42 Å². The topological polar surface area (TPSA) is 54.0 Å². The smallest absolute Gasteiger partial charge is 0.185 e. The molecule has 1 atom stereocenters. The Morgan fingerprint density at radius 1 is 1.45 bits per heavy atom. The number of rotatable bonds is 6. The summed E-state index contributed by atoms with van der Waals surface area (Å²) in [6, 6.07) is 5.05. The third kappa shape index (κ3) is 6.19. The molecular formula is C17H21NO2. The van der Waals surface area contributed by atoms with Crippen molar-refractivity contribution in [2.75, 3.05) is 0 Å². The molecule has 0 radical (unpaired) electrons. The van der Waals surface area contributed by atoms with E-state index in [9.17, 15) is 10.1 Å². The van der Waals surface area contributed by atoms with Gasteiger partial charge in [0.1, 0.15) is 5.76 Å². The van der Waals surface area contributed by atoms with Gasteiger partial charge in [-0.3, -0.25) is 4.79 Å². The van der Waals surface area contributed by atoms with Crippen LogP contribution in [0.4, 0.5) is 0 Å². The van der Waals surface area contributed by atoms with Gasteiger partial charge in [0, 0.05) is 18.6 Å². The first-order valence-electron chi connectivity index (χ1n) is 6.79. The van der Waals surface area contributed by atoms with Crippen LogP contribution in [0.25, 0.3) is 0 Å². The molecule has 3 nitrogen and oxygen atoms in total. The van der Waals surface area contributed by atoms with E-state index in [1.165, 1.54) is 29.5 Å². The average Bonchev–Trinajstić information content (AvgIpc) is 2.37. The maximum atomic E-state index is 11.2. The van der Waals surface area contributed by atoms with E-state index in [1.54, 1.807) is 0 Å². The Morgan fingerprint density at radius 3 is 2.80 bits per heavy atom. The van der Waals surface area contributed by atoms with E-state index in [4.69, 9.17) is 4.42 Å². The lowest BCUT2D eigenvalue weighted by atomic mass is 10.00. The van der Waals surface area contributed by atoms with Crippen molar-refractivity contribution in [3.63, 3.8) is 0 Å². The molecule has 106 valence electrons. The van der Waals surface area contributed by atoms with Gasteiger partial charge in [0.05, 0.1) is 18.3 Å². The number of allylic oxidation sites excluding steroid dienone is 4. The first-order valence-corrected chi connectivity index (χ1v) is 6.79. The molecule has 0 aliphatic carbocycles. The van der Waals surface area contributed by atoms with Crippen molar-refractivity contribution in [1.82, 2.24) is 0 Å². The van der Waals surface area contributed by atoms with Crippen molar-refractivity contribution < 1.29 is 4.42 Å². The number of hydrogen-bond donors (Lipinski definition) is 0. The summed E-state index contributed by atoms with van der Waals surface area (Å²) in [5.41, 5.74) is 2.40. The van der Waals surface area contributed by atoms with E-state index in [2.05, 4.69) is 26.0 Å². The van der Waals surface area contributed by atoms with Gasteiger partial charge in [-0.15, -0.1) is 0 Å². The van der Waals surface area contributed by atoms with Gasteiger partial charge in [0.15, 0.2) is 5.43 Å². The third-order valence-electron chi connectivity index (χ3n) is 2.92. The van der Waals surface area contributed by atoms with Crippen molar-refractivity contribution in [3.8, 4) is 6.07 Å². The molecule has 0 N–H and O–H groups in total. The summed E-state index contributed by atoms with van der Waals surface area (Å²) in [4.78, 5) is 11.2. The Bertz CT molecular complexity index is 583. The second-order valence-electron chi connectivity index (χ2n) is 5.21. The van der Waals surface area contributed by atoms with Crippen molar-refractivity contribution >= 4 is 0 Å². The van der Waals surface area contributed by atoms with Crippen molar-refractivity contribution in [1.29, 1.82) is 5.26 Å². The summed E-state index contributed by atoms with van der Waals surface area (Å²) in [6.45, 7) is 6.19. The fourth-order valence-electron chi connectivity index (χ4n) is 1.91. The van der Waals surface area contributed by atoms with E-state index in [0.717, 1.165) is 12.8 Å². The fraction of sp³-hybridized carbons (Fsp3) is 0.412. The largest absolute Gasteiger partial charge is 0.469 e. The van der Waals surface area contributed by atoms with Crippen LogP contribution < -0.4 is 5.43 Å². The van der Waals surface area contributed by atoms with Crippen molar-refractivity contribution in [3.05, 3.63) is 57.7 Å². The highest BCUT2D eigenvalue weighted by Gasteiger charge is 2.08. The summed E-state index contributed by atoms with van der Waals surface area (Å²) >= 11 is 0. The highest BCUT2D eigenvalue weighted by molar-refractivity contribution is 5.13. The van der Waals surface area contributed by atoms with Gasteiger partial charge in [0.25, 0.3) is 0 Å². The minimum atomic E-state index is -0.257. The fourth-order valence-corrected chi connectivity index (χ4v) is 1.91. The molecule has 0 amide bonds. The molecule has 0 saturated carbocycles. The maximum Gasteiger partial charge on any atom is 0.185 e. The first-order chi connectivity index (χ1) is 9.51. The van der Waals surface area contributed by atoms with E-state index < -0.39 is 0 Å². The van der Waals surface area contributed by atoms with Gasteiger partial charge in [-0.05, 0) is 33.6 Å². The summed E-state index contributed by atoms with van der Waals surface area (Å²) < 4.78 is 5.24. The van der Waals surface area contributed by atoms with Gasteiger partial charge < -0.3 is 4.42 Å². The highest BCUT2D eigenvalue weighted by Crippen LogP contribution is 2.14. The highest BCUT2D eigenvalue weighted by atomic mass is 16.3. The Morgan fingerprint density at radius 2 is 2.20 bits per heavy atom. The zero-order chi connectivity index (χ0) is 15.0. The number of nitrogens with zero attached hydrogens (tertiary/aromatic N) is 1. The minimum absolute atomic E-state index is 0.0906. The molecule has 20 heavy (non-hydrogen) atoms. The number of nitriles is 1. The molecule has 1 aromatic rings. The standard InChI is InChI=1S/C17H21NO2/c1-13(2)5-4-6-14(3)9-15(12-18)10-17-11-16(19)7-8-20-17/h5,7-9,11,15H,4,6,10H2,1-3H3/b14-9+. The SMILES string of the molecule is CC(C)=CCC/C(C)=C/C(C#N)Cc1cc(=O)cco1. The van der Waals surface area contributed by atoms with Gasteiger partial charge in [-0.1, -0.05) is 23.3 Å². The first kappa shape index (κ1) is 16.0. The quantitative estimate of drug-likeness (QED) is 0.734. The van der Waals surface area contributed by atoms with E-state index in [1.807, 2.05) is 13.0 Å². The molecule has 1 unspecified atom stereocenters. The van der Waals surface area contributed by atoms with Crippen LogP contribution in [0.1, 0.15) is 39.4 Å². The second kappa shape index (κ2) is 8.16. The van der Waals surface area contributed by atoms with E-state index in [-0.39, 0.29) is 11.3 Å². The molecule has 0 fully saturated rings. The van der Waals surface area contributed by atoms with Crippen LogP contribution in [0.3, 0.4) is 0 Å². The average molecular weight is 271 g/mol. The van der Waals surface area contributed by atoms with Crippen LogP contribution in [0.15, 0.2) is 50.9 Å². The summed E-state index contributed by atoms with van der Waals surface area (Å²) in [6.07, 6.45) is 7.90. The third-order valence-corrected chi connectivity index (χ3v) is 2.92. The molecular weight excluding hydrogens is 250 g/mol. The van der Waals surface area contributed by atoms with Gasteiger partial charge in [0.2, 0.25) is 0 Å². The molecule has 0 bridgehead atoms. The van der Waals surface area contributed by atoms with Gasteiger partial charge in [-0.25, -0.2) is 0 Å². The van der Waals surface area contributed by atoms with E-state index >= 15 is 0 Å². The molecule has 0 aliphatic heterocycles. The lowest BCUT2D eigenvalue weighted by Crippen LogP contribution is -2.04. The lowest BCUT2D eigenvalue weighted by Gasteiger charge is -2.05. The molecule has 0 aliphatic rings. The predicted octanol–water partition coefficient (Wildman–Crippen LogP) is 4.01. The summed E-state index contributed by atoms with van der Waals surface area (Å²) in [5, 5.41) is 9.19. The maximum absolute atomic E-state index is 11.2. The molecule has 1 rings (SSSR count). The Hall–Kier alpha value is -2.08. The molecule has 0 saturated heterocycles. The Balaban J connectivity index is 2.65. The van der Waals surface area contributed by atoms with Gasteiger partial charge in [-0.2, -0.15) is 5.26 Å². The van der Waals surface area contributed by atoms with Crippen molar-refractivity contribution in [2.24, 2.45) is 5.92 Å². The van der Waals surface area contributed by atoms with E-state index in [0.29, 0.717) is 12.2 Å². The lowest BCUT2D eigenvalue weighted by molar-refractivity contribution is 0.478. The van der Waals surface area contributed by atoms with Crippen LogP contribution in [-0.4, -0.2) is 0 Å². The molecule has 1 heterocycles. The molecule has 0 spiro atoms. The molecule has 0 aromatic carbocycles. The molecule has 3 heteroatoms. The van der Waals surface area contributed by atoms with Crippen LogP contribution >= 0.6 is 0 Å². The van der Waals surface area contributed by atoms with Crippen molar-refractivity contribution in [2.45, 2.75) is 40.0 Å².